The van der Waals surface area contributed by atoms with Crippen LogP contribution in [0, 0.1) is 0 Å². The molecule has 244 valence electrons. The monoisotopic (exact) mass is 683 g/mol. The van der Waals surface area contributed by atoms with Gasteiger partial charge >= 0.3 is 0 Å². The van der Waals surface area contributed by atoms with Gasteiger partial charge in [0.1, 0.15) is 22.3 Å². The number of hydrogen-bond acceptors (Lipinski definition) is 4. The number of para-hydroxylation sites is 3. The normalized spacial score (nSPS) is 11.8. The Kier molecular flexibility index (Phi) is 6.42. The van der Waals surface area contributed by atoms with Crippen molar-refractivity contribution in [1.29, 1.82) is 0 Å². The van der Waals surface area contributed by atoms with Gasteiger partial charge in [0.15, 0.2) is 0 Å². The molecular formula is C48H29NO2S. The van der Waals surface area contributed by atoms with Gasteiger partial charge < -0.3 is 13.7 Å². The van der Waals surface area contributed by atoms with Gasteiger partial charge in [-0.2, -0.15) is 0 Å². The van der Waals surface area contributed by atoms with Crippen LogP contribution >= 0.6 is 11.3 Å². The molecule has 0 aliphatic rings. The first-order chi connectivity index (χ1) is 25.8. The van der Waals surface area contributed by atoms with Crippen molar-refractivity contribution >= 4 is 92.4 Å². The molecule has 0 saturated carbocycles. The second kappa shape index (κ2) is 11.5. The summed E-state index contributed by atoms with van der Waals surface area (Å²) in [5, 5.41) is 7.04. The smallest absolute Gasteiger partial charge is 0.143 e. The maximum absolute atomic E-state index is 6.48. The Morgan fingerprint density at radius 3 is 1.92 bits per heavy atom. The molecule has 0 atom stereocenters. The van der Waals surface area contributed by atoms with Crippen LogP contribution in [0.5, 0.6) is 0 Å². The third kappa shape index (κ3) is 4.45. The van der Waals surface area contributed by atoms with Crippen molar-refractivity contribution in [1.82, 2.24) is 0 Å². The predicted octanol–water partition coefficient (Wildman–Crippen LogP) is 14.7. The maximum atomic E-state index is 6.48. The number of anilines is 3. The molecule has 0 N–H and O–H groups in total. The summed E-state index contributed by atoms with van der Waals surface area (Å²) in [7, 11) is 0. The highest BCUT2D eigenvalue weighted by molar-refractivity contribution is 7.25. The summed E-state index contributed by atoms with van der Waals surface area (Å²) in [6.07, 6.45) is 0. The number of rotatable bonds is 5. The highest BCUT2D eigenvalue weighted by Gasteiger charge is 2.21. The molecule has 0 fully saturated rings. The van der Waals surface area contributed by atoms with Gasteiger partial charge in [0.25, 0.3) is 0 Å². The lowest BCUT2D eigenvalue weighted by Gasteiger charge is -2.27. The van der Waals surface area contributed by atoms with E-state index in [0.29, 0.717) is 0 Å². The molecule has 11 rings (SSSR count). The zero-order valence-electron chi connectivity index (χ0n) is 27.9. The zero-order chi connectivity index (χ0) is 34.2. The summed E-state index contributed by atoms with van der Waals surface area (Å²) in [5.74, 6) is 0. The molecule has 0 bridgehead atoms. The molecule has 3 nitrogen and oxygen atoms in total. The van der Waals surface area contributed by atoms with Gasteiger partial charge in [-0.3, -0.25) is 0 Å². The zero-order valence-corrected chi connectivity index (χ0v) is 28.7. The average molecular weight is 684 g/mol. The van der Waals surface area contributed by atoms with Crippen LogP contribution in [0.15, 0.2) is 185 Å². The summed E-state index contributed by atoms with van der Waals surface area (Å²) < 4.78 is 15.5. The third-order valence-corrected chi connectivity index (χ3v) is 11.4. The quantitative estimate of drug-likeness (QED) is 0.181. The minimum atomic E-state index is 0.861. The Morgan fingerprint density at radius 1 is 0.385 bits per heavy atom. The minimum absolute atomic E-state index is 0.861. The SMILES string of the molecule is c1cc(-c2cccc3c2oc2ccccc23)cc(N(c2ccc(-c3cccc4sc5ccccc5c34)cc2)c2cccc3oc4ccccc4c23)c1. The van der Waals surface area contributed by atoms with Gasteiger partial charge in [0.05, 0.1) is 11.1 Å². The van der Waals surface area contributed by atoms with Gasteiger partial charge in [-0.15, -0.1) is 11.3 Å². The molecule has 0 unspecified atom stereocenters. The first-order valence-electron chi connectivity index (χ1n) is 17.5. The van der Waals surface area contributed by atoms with E-state index in [9.17, 15) is 0 Å². The van der Waals surface area contributed by atoms with E-state index >= 15 is 0 Å². The Bertz CT molecular complexity index is 3150. The topological polar surface area (TPSA) is 29.5 Å². The number of fused-ring (bicyclic) bond motifs is 9. The van der Waals surface area contributed by atoms with E-state index in [1.54, 1.807) is 0 Å². The van der Waals surface area contributed by atoms with Crippen LogP contribution in [0.4, 0.5) is 17.1 Å². The van der Waals surface area contributed by atoms with Crippen LogP contribution in [0.3, 0.4) is 0 Å². The number of thiophene rings is 1. The number of furan rings is 2. The summed E-state index contributed by atoms with van der Waals surface area (Å²) in [6.45, 7) is 0. The van der Waals surface area contributed by atoms with Crippen LogP contribution in [0.25, 0.3) is 86.3 Å². The number of benzene rings is 8. The second-order valence-corrected chi connectivity index (χ2v) is 14.3. The lowest BCUT2D eigenvalue weighted by Crippen LogP contribution is -2.10. The van der Waals surface area contributed by atoms with Crippen LogP contribution in [-0.4, -0.2) is 0 Å². The summed E-state index contributed by atoms with van der Waals surface area (Å²) >= 11 is 1.85. The van der Waals surface area contributed by atoms with E-state index in [4.69, 9.17) is 8.83 Å². The van der Waals surface area contributed by atoms with Crippen LogP contribution in [0.1, 0.15) is 0 Å². The van der Waals surface area contributed by atoms with Crippen molar-refractivity contribution in [3.8, 4) is 22.3 Å². The van der Waals surface area contributed by atoms with Gasteiger partial charge in [-0.1, -0.05) is 115 Å². The molecule has 0 saturated heterocycles. The first-order valence-corrected chi connectivity index (χ1v) is 18.3. The van der Waals surface area contributed by atoms with E-state index in [-0.39, 0.29) is 0 Å². The average Bonchev–Trinajstić information content (AvgIpc) is 3.90. The molecule has 3 aromatic heterocycles. The highest BCUT2D eigenvalue weighted by atomic mass is 32.1. The largest absolute Gasteiger partial charge is 0.456 e. The fourth-order valence-corrected chi connectivity index (χ4v) is 9.09. The van der Waals surface area contributed by atoms with Crippen molar-refractivity contribution in [2.45, 2.75) is 0 Å². The van der Waals surface area contributed by atoms with Gasteiger partial charge in [0, 0.05) is 53.3 Å². The Balaban J connectivity index is 1.11. The number of nitrogens with zero attached hydrogens (tertiary/aromatic N) is 1. The van der Waals surface area contributed by atoms with E-state index in [0.717, 1.165) is 72.1 Å². The molecule has 0 aliphatic carbocycles. The van der Waals surface area contributed by atoms with Gasteiger partial charge in [-0.25, -0.2) is 0 Å². The van der Waals surface area contributed by atoms with E-state index in [1.165, 1.54) is 31.3 Å². The first kappa shape index (κ1) is 29.1. The van der Waals surface area contributed by atoms with Crippen LogP contribution < -0.4 is 4.90 Å². The predicted molar refractivity (Wildman–Crippen MR) is 219 cm³/mol. The van der Waals surface area contributed by atoms with Crippen LogP contribution in [-0.2, 0) is 0 Å². The Morgan fingerprint density at radius 2 is 1.04 bits per heavy atom. The minimum Gasteiger partial charge on any atom is -0.456 e. The lowest BCUT2D eigenvalue weighted by atomic mass is 9.98. The molecule has 4 heteroatoms. The molecule has 0 spiro atoms. The molecule has 11 aromatic rings. The van der Waals surface area contributed by atoms with E-state index in [2.05, 4.69) is 157 Å². The fraction of sp³-hybridized carbons (Fsp3) is 0. The van der Waals surface area contributed by atoms with Gasteiger partial charge in [-0.05, 0) is 77.4 Å². The highest BCUT2D eigenvalue weighted by Crippen LogP contribution is 2.46. The van der Waals surface area contributed by atoms with E-state index < -0.39 is 0 Å². The van der Waals surface area contributed by atoms with Crippen molar-refractivity contribution in [2.24, 2.45) is 0 Å². The van der Waals surface area contributed by atoms with E-state index in [1.807, 2.05) is 35.6 Å². The third-order valence-electron chi connectivity index (χ3n) is 10.3. The standard InChI is InChI=1S/C48H29NO2S/c1-4-20-41-36(13-1)37-18-8-17-35(48(37)51-41)31-11-7-12-33(29-31)49(40-19-10-22-43-47(40)38-14-2-5-21-42(38)50-43)32-27-25-30(26-28-32)34-16-9-24-45-46(34)39-15-3-6-23-44(39)52-45/h1-29H. The molecule has 52 heavy (non-hydrogen) atoms. The molecule has 0 amide bonds. The maximum Gasteiger partial charge on any atom is 0.143 e. The van der Waals surface area contributed by atoms with Crippen LogP contribution in [0.2, 0.25) is 0 Å². The Labute approximate surface area is 303 Å². The lowest BCUT2D eigenvalue weighted by molar-refractivity contribution is 0.669. The summed E-state index contributed by atoms with van der Waals surface area (Å²) in [5.41, 5.74) is 11.3. The van der Waals surface area contributed by atoms with Crippen molar-refractivity contribution in [3.05, 3.63) is 176 Å². The summed E-state index contributed by atoms with van der Waals surface area (Å²) in [4.78, 5) is 2.36. The summed E-state index contributed by atoms with van der Waals surface area (Å²) in [6, 6.07) is 62.5. The molecule has 3 heterocycles. The molecular weight excluding hydrogens is 655 g/mol. The van der Waals surface area contributed by atoms with Crippen molar-refractivity contribution < 1.29 is 8.83 Å². The molecule has 8 aromatic carbocycles. The number of hydrogen-bond donors (Lipinski definition) is 0. The van der Waals surface area contributed by atoms with Gasteiger partial charge in [0.2, 0.25) is 0 Å². The fourth-order valence-electron chi connectivity index (χ4n) is 7.96. The molecule has 0 aliphatic heterocycles. The second-order valence-electron chi connectivity index (χ2n) is 13.2. The van der Waals surface area contributed by atoms with Crippen molar-refractivity contribution in [3.63, 3.8) is 0 Å². The van der Waals surface area contributed by atoms with Crippen molar-refractivity contribution in [2.75, 3.05) is 4.90 Å². The Hall–Kier alpha value is -6.62. The molecule has 0 radical (unpaired) electrons.